The van der Waals surface area contributed by atoms with E-state index in [-0.39, 0.29) is 23.1 Å². The van der Waals surface area contributed by atoms with Gasteiger partial charge in [-0.05, 0) is 31.5 Å². The minimum absolute atomic E-state index is 0.0226. The van der Waals surface area contributed by atoms with Crippen LogP contribution in [0.4, 0.5) is 14.5 Å². The first-order valence-corrected chi connectivity index (χ1v) is 7.43. The predicted molar refractivity (Wildman–Crippen MR) is 85.8 cm³/mol. The van der Waals surface area contributed by atoms with Crippen LogP contribution in [0.1, 0.15) is 41.0 Å². The van der Waals surface area contributed by atoms with Crippen molar-refractivity contribution >= 4 is 17.5 Å². The van der Waals surface area contributed by atoms with Crippen LogP contribution in [0.5, 0.6) is 0 Å². The molecule has 2 amide bonds. The van der Waals surface area contributed by atoms with Crippen LogP contribution in [0.25, 0.3) is 0 Å². The van der Waals surface area contributed by atoms with E-state index >= 15 is 0 Å². The molecule has 0 radical (unpaired) electrons. The summed E-state index contributed by atoms with van der Waals surface area (Å²) in [6.07, 6.45) is 3.29. The maximum absolute atomic E-state index is 13.6. The molecule has 0 aliphatic carbocycles. The number of hydrogen-bond donors (Lipinski definition) is 2. The summed E-state index contributed by atoms with van der Waals surface area (Å²) in [5.41, 5.74) is -0.330. The summed E-state index contributed by atoms with van der Waals surface area (Å²) in [4.78, 5) is 28.0. The van der Waals surface area contributed by atoms with Crippen LogP contribution in [-0.4, -0.2) is 22.8 Å². The highest BCUT2D eigenvalue weighted by molar-refractivity contribution is 6.06. The van der Waals surface area contributed by atoms with Gasteiger partial charge >= 0.3 is 0 Å². The zero-order chi connectivity index (χ0) is 17.7. The second-order valence-electron chi connectivity index (χ2n) is 5.30. The summed E-state index contributed by atoms with van der Waals surface area (Å²) in [6, 6.07) is 4.56. The second kappa shape index (κ2) is 7.63. The van der Waals surface area contributed by atoms with E-state index in [9.17, 15) is 18.4 Å². The molecule has 0 bridgehead atoms. The molecule has 0 fully saturated rings. The zero-order valence-electron chi connectivity index (χ0n) is 13.3. The number of halogens is 2. The minimum atomic E-state index is -0.887. The summed E-state index contributed by atoms with van der Waals surface area (Å²) >= 11 is 0. The Labute approximate surface area is 138 Å². The van der Waals surface area contributed by atoms with Gasteiger partial charge in [-0.2, -0.15) is 0 Å². The van der Waals surface area contributed by atoms with Crippen LogP contribution < -0.4 is 10.6 Å². The van der Waals surface area contributed by atoms with Gasteiger partial charge in [-0.15, -0.1) is 0 Å². The number of carbonyl (C=O) groups is 2. The Hall–Kier alpha value is -2.83. The first kappa shape index (κ1) is 17.5. The fraction of sp³-hybridized carbons (Fsp3) is 0.235. The average Bonchev–Trinajstić information content (AvgIpc) is 2.58. The van der Waals surface area contributed by atoms with E-state index in [4.69, 9.17) is 0 Å². The van der Waals surface area contributed by atoms with Crippen molar-refractivity contribution in [2.24, 2.45) is 0 Å². The van der Waals surface area contributed by atoms with Crippen LogP contribution in [0.3, 0.4) is 0 Å². The molecule has 0 aliphatic rings. The van der Waals surface area contributed by atoms with Crippen molar-refractivity contribution < 1.29 is 18.4 Å². The molecule has 24 heavy (non-hydrogen) atoms. The SMILES string of the molecule is CCC(C)NC(=O)c1cncc(C(=O)Nc2c(F)cccc2F)c1. The molecule has 0 saturated carbocycles. The molecule has 0 saturated heterocycles. The molecule has 1 unspecified atom stereocenters. The number of amides is 2. The Bertz CT molecular complexity index is 745. The lowest BCUT2D eigenvalue weighted by Gasteiger charge is -2.12. The fourth-order valence-electron chi connectivity index (χ4n) is 1.90. The number of nitrogens with one attached hydrogen (secondary N) is 2. The normalized spacial score (nSPS) is 11.7. The molecule has 1 atom stereocenters. The lowest BCUT2D eigenvalue weighted by atomic mass is 10.1. The number of anilines is 1. The van der Waals surface area contributed by atoms with Gasteiger partial charge in [0.25, 0.3) is 11.8 Å². The third-order valence-corrected chi connectivity index (χ3v) is 3.45. The third-order valence-electron chi connectivity index (χ3n) is 3.45. The number of pyridine rings is 1. The molecule has 0 aliphatic heterocycles. The molecule has 0 spiro atoms. The van der Waals surface area contributed by atoms with E-state index < -0.39 is 23.2 Å². The largest absolute Gasteiger partial charge is 0.350 e. The summed E-state index contributed by atoms with van der Waals surface area (Å²) in [5, 5.41) is 4.90. The second-order valence-corrected chi connectivity index (χ2v) is 5.30. The number of benzene rings is 1. The van der Waals surface area contributed by atoms with Gasteiger partial charge in [-0.1, -0.05) is 13.0 Å². The molecule has 2 N–H and O–H groups in total. The number of rotatable bonds is 5. The Morgan fingerprint density at radius 2 is 1.71 bits per heavy atom. The topological polar surface area (TPSA) is 71.1 Å². The third kappa shape index (κ3) is 4.13. The number of carbonyl (C=O) groups excluding carboxylic acids is 2. The monoisotopic (exact) mass is 333 g/mol. The lowest BCUT2D eigenvalue weighted by Crippen LogP contribution is -2.32. The van der Waals surface area contributed by atoms with Gasteiger partial charge in [0, 0.05) is 18.4 Å². The van der Waals surface area contributed by atoms with Gasteiger partial charge < -0.3 is 10.6 Å². The summed E-state index contributed by atoms with van der Waals surface area (Å²) in [7, 11) is 0. The van der Waals surface area contributed by atoms with Crippen molar-refractivity contribution in [1.29, 1.82) is 0 Å². The molecule has 1 aromatic heterocycles. The van der Waals surface area contributed by atoms with Gasteiger partial charge in [0.2, 0.25) is 0 Å². The number of hydrogen-bond acceptors (Lipinski definition) is 3. The van der Waals surface area contributed by atoms with Gasteiger partial charge in [0.15, 0.2) is 0 Å². The van der Waals surface area contributed by atoms with Gasteiger partial charge in [0.05, 0.1) is 11.1 Å². The maximum Gasteiger partial charge on any atom is 0.257 e. The molecule has 5 nitrogen and oxygen atoms in total. The van der Waals surface area contributed by atoms with E-state index in [1.807, 2.05) is 13.8 Å². The molecule has 7 heteroatoms. The van der Waals surface area contributed by atoms with Crippen LogP contribution in [0.2, 0.25) is 0 Å². The lowest BCUT2D eigenvalue weighted by molar-refractivity contribution is 0.0939. The average molecular weight is 333 g/mol. The highest BCUT2D eigenvalue weighted by Crippen LogP contribution is 2.19. The quantitative estimate of drug-likeness (QED) is 0.883. The van der Waals surface area contributed by atoms with Crippen LogP contribution in [0, 0.1) is 11.6 Å². The molecule has 2 rings (SSSR count). The highest BCUT2D eigenvalue weighted by Gasteiger charge is 2.16. The van der Waals surface area contributed by atoms with E-state index in [0.717, 1.165) is 18.6 Å². The van der Waals surface area contributed by atoms with Crippen molar-refractivity contribution in [3.8, 4) is 0 Å². The summed E-state index contributed by atoms with van der Waals surface area (Å²) in [6.45, 7) is 3.78. The minimum Gasteiger partial charge on any atom is -0.350 e. The number of aromatic nitrogens is 1. The molecule has 2 aromatic rings. The van der Waals surface area contributed by atoms with Crippen molar-refractivity contribution in [2.45, 2.75) is 26.3 Å². The molecule has 126 valence electrons. The molecule has 1 heterocycles. The standard InChI is InChI=1S/C17H17F2N3O2/c1-3-10(2)21-16(23)11-7-12(9-20-8-11)17(24)22-15-13(18)5-4-6-14(15)19/h4-10H,3H2,1-2H3,(H,21,23)(H,22,24). The zero-order valence-corrected chi connectivity index (χ0v) is 13.3. The first-order valence-electron chi connectivity index (χ1n) is 7.43. The Balaban J connectivity index is 2.19. The Kier molecular flexibility index (Phi) is 5.57. The Morgan fingerprint density at radius 1 is 1.12 bits per heavy atom. The maximum atomic E-state index is 13.6. The molecule has 1 aromatic carbocycles. The fourth-order valence-corrected chi connectivity index (χ4v) is 1.90. The van der Waals surface area contributed by atoms with Crippen LogP contribution in [0.15, 0.2) is 36.7 Å². The van der Waals surface area contributed by atoms with Crippen LogP contribution in [-0.2, 0) is 0 Å². The summed E-state index contributed by atoms with van der Waals surface area (Å²) in [5.74, 6) is -2.91. The first-order chi connectivity index (χ1) is 11.4. The Morgan fingerprint density at radius 3 is 2.29 bits per heavy atom. The van der Waals surface area contributed by atoms with E-state index in [2.05, 4.69) is 15.6 Å². The van der Waals surface area contributed by atoms with E-state index in [0.29, 0.717) is 0 Å². The van der Waals surface area contributed by atoms with Gasteiger partial charge in [0.1, 0.15) is 17.3 Å². The number of nitrogens with zero attached hydrogens (tertiary/aromatic N) is 1. The van der Waals surface area contributed by atoms with Crippen molar-refractivity contribution in [3.05, 3.63) is 59.4 Å². The van der Waals surface area contributed by atoms with E-state index in [1.165, 1.54) is 24.5 Å². The number of para-hydroxylation sites is 1. The highest BCUT2D eigenvalue weighted by atomic mass is 19.1. The summed E-state index contributed by atoms with van der Waals surface area (Å²) < 4.78 is 27.2. The van der Waals surface area contributed by atoms with Gasteiger partial charge in [-0.25, -0.2) is 8.78 Å². The van der Waals surface area contributed by atoms with Crippen molar-refractivity contribution in [3.63, 3.8) is 0 Å². The molecular weight excluding hydrogens is 316 g/mol. The van der Waals surface area contributed by atoms with Crippen molar-refractivity contribution in [2.75, 3.05) is 5.32 Å². The predicted octanol–water partition coefficient (Wildman–Crippen LogP) is 3.14. The van der Waals surface area contributed by atoms with E-state index in [1.54, 1.807) is 0 Å². The smallest absolute Gasteiger partial charge is 0.257 e. The van der Waals surface area contributed by atoms with Crippen LogP contribution >= 0.6 is 0 Å². The van der Waals surface area contributed by atoms with Crippen molar-refractivity contribution in [1.82, 2.24) is 10.3 Å². The van der Waals surface area contributed by atoms with Gasteiger partial charge in [-0.3, -0.25) is 14.6 Å². The molecular formula is C17H17F2N3O2.